The SMILES string of the molecule is FC(F)(F)c1cc([B-](c2cc(C(F)(F)F)cc(C(F)(F)F)c2)(c2cc(C(F)(F)F)cc(C(F)(F)F)c2)c2cc(C(F)(F)F)cc(C(F)(F)F)c2)cc(C(F)(F)F)c1.O=C(C[n+]1ccccc1-c1ccc(C2CCCCC2)cc1)c1ccccc1. The van der Waals surface area contributed by atoms with Crippen LogP contribution in [-0.4, -0.2) is 11.9 Å². The number of hydrogen-bond acceptors (Lipinski definition) is 1. The number of rotatable bonds is 9. The van der Waals surface area contributed by atoms with Crippen LogP contribution in [0, 0.1) is 0 Å². The van der Waals surface area contributed by atoms with E-state index in [1.165, 1.54) is 37.7 Å². The van der Waals surface area contributed by atoms with Crippen LogP contribution in [0.2, 0.25) is 0 Å². The zero-order valence-corrected chi connectivity index (χ0v) is 42.3. The number of carbonyl (C=O) groups excluding carboxylic acids is 1. The second kappa shape index (κ2) is 23.2. The van der Waals surface area contributed by atoms with Crippen LogP contribution in [0.25, 0.3) is 11.3 Å². The third kappa shape index (κ3) is 14.7. The molecule has 1 aliphatic carbocycles. The van der Waals surface area contributed by atoms with Gasteiger partial charge in [-0.25, -0.2) is 0 Å². The normalized spacial score (nSPS) is 14.5. The lowest BCUT2D eigenvalue weighted by Crippen LogP contribution is -2.75. The van der Waals surface area contributed by atoms with E-state index in [0.717, 1.165) is 22.7 Å². The summed E-state index contributed by atoms with van der Waals surface area (Å²) in [6, 6.07) is 15.8. The van der Waals surface area contributed by atoms with Crippen LogP contribution >= 0.6 is 0 Å². The third-order valence-corrected chi connectivity index (χ3v) is 14.1. The lowest BCUT2D eigenvalue weighted by molar-refractivity contribution is -0.672. The summed E-state index contributed by atoms with van der Waals surface area (Å²) in [4.78, 5) is 12.6. The van der Waals surface area contributed by atoms with E-state index in [2.05, 4.69) is 30.3 Å². The Labute approximate surface area is 460 Å². The number of alkyl halides is 24. The number of halogens is 24. The molecule has 0 bridgehead atoms. The van der Waals surface area contributed by atoms with Crippen molar-refractivity contribution in [1.82, 2.24) is 0 Å². The fraction of sp³-hybridized carbons (Fsp3) is 0.263. The van der Waals surface area contributed by atoms with Crippen molar-refractivity contribution < 1.29 is 115 Å². The molecule has 448 valence electrons. The van der Waals surface area contributed by atoms with E-state index in [4.69, 9.17) is 0 Å². The molecule has 84 heavy (non-hydrogen) atoms. The van der Waals surface area contributed by atoms with Crippen LogP contribution in [0.5, 0.6) is 0 Å². The van der Waals surface area contributed by atoms with Gasteiger partial charge in [0.2, 0.25) is 18.0 Å². The van der Waals surface area contributed by atoms with Gasteiger partial charge in [0.25, 0.3) is 0 Å². The predicted octanol–water partition coefficient (Wildman–Crippen LogP) is 16.8. The predicted molar refractivity (Wildman–Crippen MR) is 259 cm³/mol. The van der Waals surface area contributed by atoms with Crippen molar-refractivity contribution in [3.8, 4) is 11.3 Å². The van der Waals surface area contributed by atoms with Crippen LogP contribution in [0.4, 0.5) is 105 Å². The monoisotopic (exact) mass is 1220 g/mol. The molecule has 1 heterocycles. The molecule has 0 atom stereocenters. The van der Waals surface area contributed by atoms with Crippen LogP contribution < -0.4 is 26.4 Å². The number of nitrogens with zero attached hydrogens (tertiary/aromatic N) is 1. The summed E-state index contributed by atoms with van der Waals surface area (Å²) >= 11 is 0. The molecule has 1 aromatic heterocycles. The summed E-state index contributed by atoms with van der Waals surface area (Å²) in [6.07, 6.45) is -46.1. The highest BCUT2D eigenvalue weighted by atomic mass is 19.4. The fourth-order valence-electron chi connectivity index (χ4n) is 10.2. The summed E-state index contributed by atoms with van der Waals surface area (Å²) in [5.41, 5.74) is -25.7. The fourth-order valence-corrected chi connectivity index (χ4v) is 10.2. The van der Waals surface area contributed by atoms with Crippen molar-refractivity contribution in [3.63, 3.8) is 0 Å². The van der Waals surface area contributed by atoms with Gasteiger partial charge in [0, 0.05) is 23.3 Å². The quantitative estimate of drug-likeness (QED) is 0.0611. The molecule has 1 fully saturated rings. The molecule has 27 heteroatoms. The lowest BCUT2D eigenvalue weighted by atomic mass is 9.12. The van der Waals surface area contributed by atoms with Gasteiger partial charge in [-0.05, 0) is 66.8 Å². The number of ketones is 1. The van der Waals surface area contributed by atoms with Gasteiger partial charge in [-0.15, -0.1) is 0 Å². The maximum absolute atomic E-state index is 14.2. The summed E-state index contributed by atoms with van der Waals surface area (Å²) in [6.45, 7) is 0.352. The molecule has 0 radical (unpaired) electrons. The molecule has 0 spiro atoms. The third-order valence-electron chi connectivity index (χ3n) is 14.1. The van der Waals surface area contributed by atoms with Crippen molar-refractivity contribution >= 4 is 33.8 Å². The lowest BCUT2D eigenvalue weighted by Gasteiger charge is -2.46. The number of carbonyl (C=O) groups is 1. The molecule has 7 aromatic rings. The van der Waals surface area contributed by atoms with Gasteiger partial charge >= 0.3 is 49.4 Å². The number of benzene rings is 6. The zero-order chi connectivity index (χ0) is 62.4. The number of pyridine rings is 1. The maximum Gasteiger partial charge on any atom is 0.416 e. The Morgan fingerprint density at radius 3 is 0.964 bits per heavy atom. The largest absolute Gasteiger partial charge is 0.416 e. The van der Waals surface area contributed by atoms with Gasteiger partial charge in [0.1, 0.15) is 6.15 Å². The van der Waals surface area contributed by atoms with Crippen LogP contribution in [-0.2, 0) is 56.0 Å². The molecular formula is C57H38BF24NO. The Hall–Kier alpha value is -7.48. The second-order valence-electron chi connectivity index (χ2n) is 19.7. The Morgan fingerprint density at radius 2 is 0.667 bits per heavy atom. The van der Waals surface area contributed by atoms with Gasteiger partial charge < -0.3 is 0 Å². The summed E-state index contributed by atoms with van der Waals surface area (Å²) in [7, 11) is 0. The molecule has 0 amide bonds. The van der Waals surface area contributed by atoms with Gasteiger partial charge in [0.05, 0.1) is 44.5 Å². The van der Waals surface area contributed by atoms with Crippen LogP contribution in [0.15, 0.2) is 152 Å². The van der Waals surface area contributed by atoms with Crippen molar-refractivity contribution in [2.45, 2.75) is 94.0 Å². The summed E-state index contributed by atoms with van der Waals surface area (Å²) in [5.74, 6) is 0.849. The molecule has 0 unspecified atom stereocenters. The van der Waals surface area contributed by atoms with E-state index in [1.807, 2.05) is 53.2 Å². The first-order valence-electron chi connectivity index (χ1n) is 24.6. The summed E-state index contributed by atoms with van der Waals surface area (Å²) in [5, 5.41) is 0. The van der Waals surface area contributed by atoms with E-state index in [-0.39, 0.29) is 5.78 Å². The summed E-state index contributed by atoms with van der Waals surface area (Å²) < 4.78 is 343. The molecule has 0 N–H and O–H groups in total. The zero-order valence-electron chi connectivity index (χ0n) is 42.3. The molecular weight excluding hydrogens is 1180 g/mol. The van der Waals surface area contributed by atoms with Crippen molar-refractivity contribution in [2.24, 2.45) is 0 Å². The van der Waals surface area contributed by atoms with Crippen LogP contribution in [0.3, 0.4) is 0 Å². The molecule has 1 saturated carbocycles. The highest BCUT2D eigenvalue weighted by molar-refractivity contribution is 7.20. The molecule has 1 aliphatic rings. The number of Topliss-reactive ketones (excluding diaryl/α,β-unsaturated/α-hetero) is 1. The Balaban J connectivity index is 0.000000309. The minimum Gasteiger partial charge on any atom is -0.287 e. The van der Waals surface area contributed by atoms with E-state index < -0.39 is 195 Å². The smallest absolute Gasteiger partial charge is 0.287 e. The number of aromatic nitrogens is 1. The Bertz CT molecular complexity index is 3030. The highest BCUT2D eigenvalue weighted by Crippen LogP contribution is 2.42. The Kier molecular flexibility index (Phi) is 17.7. The highest BCUT2D eigenvalue weighted by Gasteiger charge is 2.47. The minimum atomic E-state index is -6.13. The maximum atomic E-state index is 14.2. The van der Waals surface area contributed by atoms with Crippen LogP contribution in [0.1, 0.15) is 98.5 Å². The van der Waals surface area contributed by atoms with Gasteiger partial charge in [-0.2, -0.15) is 132 Å². The number of hydrogen-bond donors (Lipinski definition) is 0. The molecule has 2 nitrogen and oxygen atoms in total. The van der Waals surface area contributed by atoms with Crippen molar-refractivity contribution in [1.29, 1.82) is 0 Å². The standard InChI is InChI=1S/C32H12BF24.C25H26NO/c34-25(35,36)13-1-14(26(37,38)39)6-21(5-13)33(22-7-15(27(40,41)42)2-16(8-22)28(43,44)45,23-9-17(29(46,47)48)3-18(10-23)30(49,50)51)24-11-19(31(52,53)54)4-20(12-24)32(55,56)57;27-25(23-11-5-2-6-12-23)19-26-18-8-7-13-24(26)22-16-14-21(15-17-22)20-9-3-1-4-10-20/h1-12H;2,5-8,11-18,20H,1,3-4,9-10,19H2/q-1;+1. The second-order valence-corrected chi connectivity index (χ2v) is 19.7. The van der Waals surface area contributed by atoms with Crippen molar-refractivity contribution in [2.75, 3.05) is 0 Å². The molecule has 8 rings (SSSR count). The Morgan fingerprint density at radius 1 is 0.369 bits per heavy atom. The average Bonchev–Trinajstić information content (AvgIpc) is 0.892. The minimum absolute atomic E-state index is 0.131. The van der Waals surface area contributed by atoms with Gasteiger partial charge in [-0.3, -0.25) is 4.79 Å². The van der Waals surface area contributed by atoms with Crippen molar-refractivity contribution in [3.05, 3.63) is 207 Å². The first kappa shape index (κ1) is 64.1. The molecule has 0 saturated heterocycles. The molecule has 0 aliphatic heterocycles. The first-order chi connectivity index (χ1) is 38.6. The van der Waals surface area contributed by atoms with E-state index >= 15 is 0 Å². The van der Waals surface area contributed by atoms with E-state index in [1.54, 1.807) is 0 Å². The van der Waals surface area contributed by atoms with Gasteiger partial charge in [0.15, 0.2) is 6.20 Å². The van der Waals surface area contributed by atoms with E-state index in [0.29, 0.717) is 6.54 Å². The molecule has 6 aromatic carbocycles. The average molecular weight is 1220 g/mol. The van der Waals surface area contributed by atoms with Gasteiger partial charge in [-0.1, -0.05) is 110 Å². The van der Waals surface area contributed by atoms with E-state index in [9.17, 15) is 110 Å². The topological polar surface area (TPSA) is 20.9 Å². The first-order valence-corrected chi connectivity index (χ1v) is 24.6.